The summed E-state index contributed by atoms with van der Waals surface area (Å²) >= 11 is 1.91. The highest BCUT2D eigenvalue weighted by Crippen LogP contribution is 2.44. The molecule has 3 rings (SSSR count). The van der Waals surface area contributed by atoms with Crippen LogP contribution in [0.25, 0.3) is 0 Å². The van der Waals surface area contributed by atoms with Crippen LogP contribution in [0.3, 0.4) is 0 Å². The Hall–Kier alpha value is -0.450. The third-order valence-electron chi connectivity index (χ3n) is 3.52. The van der Waals surface area contributed by atoms with Crippen LogP contribution in [0.5, 0.6) is 0 Å². The fraction of sp³-hybridized carbons (Fsp3) is 0.769. The Kier molecular flexibility index (Phi) is 3.45. The van der Waals surface area contributed by atoms with Crippen molar-refractivity contribution in [3.05, 3.63) is 15.6 Å². The van der Waals surface area contributed by atoms with Crippen LogP contribution in [-0.2, 0) is 11.3 Å². The van der Waals surface area contributed by atoms with Gasteiger partial charge in [0.15, 0.2) is 0 Å². The van der Waals surface area contributed by atoms with E-state index in [2.05, 4.69) is 12.2 Å². The van der Waals surface area contributed by atoms with Crippen LogP contribution in [0.4, 0.5) is 0 Å². The molecular weight excluding hydrogens is 232 g/mol. The fourth-order valence-corrected chi connectivity index (χ4v) is 3.57. The van der Waals surface area contributed by atoms with Gasteiger partial charge in [-0.05, 0) is 25.8 Å². The maximum absolute atomic E-state index is 5.47. The largest absolute Gasteiger partial charge is 0.381 e. The van der Waals surface area contributed by atoms with Gasteiger partial charge in [-0.25, -0.2) is 4.98 Å². The Balaban J connectivity index is 1.79. The topological polar surface area (TPSA) is 34.1 Å². The van der Waals surface area contributed by atoms with Crippen LogP contribution in [0, 0.1) is 0 Å². The van der Waals surface area contributed by atoms with Gasteiger partial charge in [-0.3, -0.25) is 0 Å². The summed E-state index contributed by atoms with van der Waals surface area (Å²) < 4.78 is 5.47. The van der Waals surface area contributed by atoms with E-state index in [-0.39, 0.29) is 0 Å². The van der Waals surface area contributed by atoms with E-state index in [1.165, 1.54) is 28.4 Å². The van der Waals surface area contributed by atoms with Crippen LogP contribution >= 0.6 is 11.3 Å². The molecule has 4 heteroatoms. The van der Waals surface area contributed by atoms with Gasteiger partial charge >= 0.3 is 0 Å². The van der Waals surface area contributed by atoms with Crippen molar-refractivity contribution in [2.75, 3.05) is 19.8 Å². The average Bonchev–Trinajstić information content (AvgIpc) is 2.90. The standard InChI is InChI=1S/C13H20N2OS/c1-2-14-7-11-12(9-3-4-9)15-13(17-11)10-5-6-16-8-10/h9-10,14H,2-8H2,1H3. The molecule has 1 atom stereocenters. The molecule has 1 aliphatic carbocycles. The first-order chi connectivity index (χ1) is 8.38. The van der Waals surface area contributed by atoms with E-state index in [0.29, 0.717) is 5.92 Å². The van der Waals surface area contributed by atoms with Crippen molar-refractivity contribution in [1.82, 2.24) is 10.3 Å². The Morgan fingerprint density at radius 1 is 1.35 bits per heavy atom. The molecule has 2 heterocycles. The van der Waals surface area contributed by atoms with Crippen LogP contribution < -0.4 is 5.32 Å². The molecule has 1 unspecified atom stereocenters. The zero-order chi connectivity index (χ0) is 11.7. The third kappa shape index (κ3) is 2.54. The molecule has 1 aromatic rings. The summed E-state index contributed by atoms with van der Waals surface area (Å²) in [6.45, 7) is 5.96. The number of nitrogens with one attached hydrogen (secondary N) is 1. The Bertz CT molecular complexity index is 381. The summed E-state index contributed by atoms with van der Waals surface area (Å²) in [5.41, 5.74) is 1.39. The van der Waals surface area contributed by atoms with E-state index in [9.17, 15) is 0 Å². The molecule has 1 aromatic heterocycles. The maximum atomic E-state index is 5.47. The number of aromatic nitrogens is 1. The lowest BCUT2D eigenvalue weighted by molar-refractivity contribution is 0.194. The van der Waals surface area contributed by atoms with Gasteiger partial charge in [-0.2, -0.15) is 0 Å². The SMILES string of the molecule is CCNCc1sc(C2CCOC2)nc1C1CC1. The van der Waals surface area contributed by atoms with Gasteiger partial charge in [-0.1, -0.05) is 6.92 Å². The van der Waals surface area contributed by atoms with Crippen molar-refractivity contribution in [3.63, 3.8) is 0 Å². The summed E-state index contributed by atoms with van der Waals surface area (Å²) in [7, 11) is 0. The highest BCUT2D eigenvalue weighted by Gasteiger charge is 2.31. The molecule has 2 aliphatic rings. The second kappa shape index (κ2) is 5.04. The second-order valence-electron chi connectivity index (χ2n) is 4.98. The van der Waals surface area contributed by atoms with Crippen molar-refractivity contribution in [1.29, 1.82) is 0 Å². The molecule has 0 radical (unpaired) electrons. The lowest BCUT2D eigenvalue weighted by atomic mass is 10.1. The first-order valence-electron chi connectivity index (χ1n) is 6.66. The minimum absolute atomic E-state index is 0.563. The Morgan fingerprint density at radius 3 is 2.88 bits per heavy atom. The van der Waals surface area contributed by atoms with E-state index in [1.807, 2.05) is 11.3 Å². The van der Waals surface area contributed by atoms with Crippen LogP contribution in [0.15, 0.2) is 0 Å². The van der Waals surface area contributed by atoms with E-state index in [1.54, 1.807) is 0 Å². The minimum atomic E-state index is 0.563. The molecule has 0 spiro atoms. The van der Waals surface area contributed by atoms with Crippen molar-refractivity contribution in [2.24, 2.45) is 0 Å². The van der Waals surface area contributed by atoms with E-state index < -0.39 is 0 Å². The quantitative estimate of drug-likeness (QED) is 0.874. The molecule has 0 amide bonds. The smallest absolute Gasteiger partial charge is 0.0986 e. The number of rotatable bonds is 5. The van der Waals surface area contributed by atoms with Crippen molar-refractivity contribution in [3.8, 4) is 0 Å². The summed E-state index contributed by atoms with van der Waals surface area (Å²) in [6.07, 6.45) is 3.82. The van der Waals surface area contributed by atoms with Gasteiger partial charge in [0.05, 0.1) is 17.3 Å². The zero-order valence-corrected chi connectivity index (χ0v) is 11.2. The first kappa shape index (κ1) is 11.6. The monoisotopic (exact) mass is 252 g/mol. The van der Waals surface area contributed by atoms with Crippen LogP contribution in [0.1, 0.15) is 53.6 Å². The van der Waals surface area contributed by atoms with Crippen molar-refractivity contribution < 1.29 is 4.74 Å². The number of nitrogens with zero attached hydrogens (tertiary/aromatic N) is 1. The maximum Gasteiger partial charge on any atom is 0.0986 e. The summed E-state index contributed by atoms with van der Waals surface area (Å²) in [6, 6.07) is 0. The molecule has 1 N–H and O–H groups in total. The average molecular weight is 252 g/mol. The van der Waals surface area contributed by atoms with Gasteiger partial charge < -0.3 is 10.1 Å². The molecule has 94 valence electrons. The molecule has 1 saturated heterocycles. The van der Waals surface area contributed by atoms with Crippen molar-refractivity contribution in [2.45, 2.75) is 44.6 Å². The van der Waals surface area contributed by atoms with Crippen LogP contribution in [-0.4, -0.2) is 24.7 Å². The second-order valence-corrected chi connectivity index (χ2v) is 6.09. The zero-order valence-electron chi connectivity index (χ0n) is 10.4. The van der Waals surface area contributed by atoms with Gasteiger partial charge in [0.25, 0.3) is 0 Å². The minimum Gasteiger partial charge on any atom is -0.381 e. The molecule has 1 aliphatic heterocycles. The summed E-state index contributed by atoms with van der Waals surface area (Å²) in [4.78, 5) is 6.37. The lowest BCUT2D eigenvalue weighted by Crippen LogP contribution is -2.11. The molecule has 2 fully saturated rings. The predicted octanol–water partition coefficient (Wildman–Crippen LogP) is 2.63. The van der Waals surface area contributed by atoms with Crippen molar-refractivity contribution >= 4 is 11.3 Å². The highest BCUT2D eigenvalue weighted by molar-refractivity contribution is 7.11. The Labute approximate surface area is 107 Å². The molecular formula is C13H20N2OS. The third-order valence-corrected chi connectivity index (χ3v) is 4.76. The number of hydrogen-bond acceptors (Lipinski definition) is 4. The Morgan fingerprint density at radius 2 is 2.24 bits per heavy atom. The highest BCUT2D eigenvalue weighted by atomic mass is 32.1. The molecule has 3 nitrogen and oxygen atoms in total. The molecule has 17 heavy (non-hydrogen) atoms. The van der Waals surface area contributed by atoms with E-state index >= 15 is 0 Å². The summed E-state index contributed by atoms with van der Waals surface area (Å²) in [5.74, 6) is 1.32. The normalized spacial score (nSPS) is 24.4. The van der Waals surface area contributed by atoms with Gasteiger partial charge in [0, 0.05) is 29.9 Å². The fourth-order valence-electron chi connectivity index (χ4n) is 2.33. The van der Waals surface area contributed by atoms with Gasteiger partial charge in [0.2, 0.25) is 0 Å². The number of ether oxygens (including phenoxy) is 1. The predicted molar refractivity (Wildman–Crippen MR) is 69.6 cm³/mol. The lowest BCUT2D eigenvalue weighted by Gasteiger charge is -2.00. The summed E-state index contributed by atoms with van der Waals surface area (Å²) in [5, 5.41) is 4.75. The van der Waals surface area contributed by atoms with Gasteiger partial charge in [0.1, 0.15) is 0 Å². The van der Waals surface area contributed by atoms with E-state index in [4.69, 9.17) is 9.72 Å². The van der Waals surface area contributed by atoms with E-state index in [0.717, 1.165) is 38.6 Å². The molecule has 0 bridgehead atoms. The molecule has 0 aromatic carbocycles. The number of hydrogen-bond donors (Lipinski definition) is 1. The van der Waals surface area contributed by atoms with Gasteiger partial charge in [-0.15, -0.1) is 11.3 Å². The number of thiazole rings is 1. The first-order valence-corrected chi connectivity index (χ1v) is 7.48. The van der Waals surface area contributed by atoms with Crippen LogP contribution in [0.2, 0.25) is 0 Å². The molecule has 1 saturated carbocycles.